The molecule has 2 saturated heterocycles. The molecule has 3 heterocycles. The van der Waals surface area contributed by atoms with Crippen molar-refractivity contribution in [2.75, 3.05) is 25.5 Å². The lowest BCUT2D eigenvalue weighted by Gasteiger charge is -2.21. The summed E-state index contributed by atoms with van der Waals surface area (Å²) in [6.07, 6.45) is 4.00. The van der Waals surface area contributed by atoms with E-state index in [1.165, 1.54) is 0 Å². The number of hydrogen-bond acceptors (Lipinski definition) is 5. The van der Waals surface area contributed by atoms with Crippen LogP contribution < -0.4 is 0 Å². The van der Waals surface area contributed by atoms with Crippen LogP contribution >= 0.6 is 0 Å². The van der Waals surface area contributed by atoms with E-state index >= 15 is 0 Å². The summed E-state index contributed by atoms with van der Waals surface area (Å²) in [4.78, 5) is 4.06. The van der Waals surface area contributed by atoms with Gasteiger partial charge in [-0.05, 0) is 18.1 Å². The van der Waals surface area contributed by atoms with Crippen molar-refractivity contribution in [2.45, 2.75) is 32.1 Å². The Bertz CT molecular complexity index is 593. The van der Waals surface area contributed by atoms with Crippen LogP contribution in [0.25, 0.3) is 0 Å². The van der Waals surface area contributed by atoms with Crippen molar-refractivity contribution in [3.8, 4) is 0 Å². The van der Waals surface area contributed by atoms with Crippen molar-refractivity contribution < 1.29 is 17.9 Å². The number of hydrogen-bond donors (Lipinski definition) is 0. The van der Waals surface area contributed by atoms with Crippen LogP contribution in [0.4, 0.5) is 0 Å². The summed E-state index contributed by atoms with van der Waals surface area (Å²) in [5.74, 6) is 0.314. The Kier molecular flexibility index (Phi) is 4.77. The van der Waals surface area contributed by atoms with Crippen LogP contribution in [0.2, 0.25) is 0 Å². The first-order valence-electron chi connectivity index (χ1n) is 7.69. The van der Waals surface area contributed by atoms with Crippen molar-refractivity contribution >= 4 is 10.0 Å². The predicted octanol–water partition coefficient (Wildman–Crippen LogP) is 1.04. The zero-order chi connectivity index (χ0) is 15.6. The van der Waals surface area contributed by atoms with E-state index in [-0.39, 0.29) is 23.8 Å². The molecule has 0 N–H and O–H groups in total. The van der Waals surface area contributed by atoms with Gasteiger partial charge < -0.3 is 9.47 Å². The number of fused-ring (bicyclic) bond motifs is 1. The van der Waals surface area contributed by atoms with E-state index in [0.717, 1.165) is 5.56 Å². The van der Waals surface area contributed by atoms with E-state index in [1.54, 1.807) is 16.7 Å². The second-order valence-corrected chi connectivity index (χ2v) is 7.91. The summed E-state index contributed by atoms with van der Waals surface area (Å²) in [6, 6.07) is 3.75. The smallest absolute Gasteiger partial charge is 0.214 e. The second-order valence-electron chi connectivity index (χ2n) is 5.87. The summed E-state index contributed by atoms with van der Waals surface area (Å²) in [5.41, 5.74) is 0.993. The van der Waals surface area contributed by atoms with Crippen LogP contribution in [0.3, 0.4) is 0 Å². The fraction of sp³-hybridized carbons (Fsp3) is 0.667. The molecule has 0 aliphatic carbocycles. The molecule has 122 valence electrons. The second kappa shape index (κ2) is 6.62. The number of nitrogens with zero attached hydrogens (tertiary/aromatic N) is 2. The maximum absolute atomic E-state index is 12.4. The molecule has 2 fully saturated rings. The molecular weight excluding hydrogens is 304 g/mol. The highest BCUT2D eigenvalue weighted by Gasteiger charge is 2.50. The van der Waals surface area contributed by atoms with Gasteiger partial charge in [-0.3, -0.25) is 4.98 Å². The molecule has 0 unspecified atom stereocenters. The van der Waals surface area contributed by atoms with Gasteiger partial charge in [-0.2, -0.15) is 4.31 Å². The Morgan fingerprint density at radius 3 is 3.05 bits per heavy atom. The van der Waals surface area contributed by atoms with E-state index in [0.29, 0.717) is 32.8 Å². The van der Waals surface area contributed by atoms with E-state index in [9.17, 15) is 8.42 Å². The third-order valence-electron chi connectivity index (χ3n) is 4.31. The number of aromatic nitrogens is 1. The minimum atomic E-state index is -3.22. The van der Waals surface area contributed by atoms with Gasteiger partial charge in [0.25, 0.3) is 0 Å². The molecule has 3 rings (SSSR count). The Hall–Kier alpha value is -1.02. The van der Waals surface area contributed by atoms with Crippen molar-refractivity contribution in [2.24, 2.45) is 5.92 Å². The summed E-state index contributed by atoms with van der Waals surface area (Å²) in [7, 11) is -3.22. The standard InChI is InChI=1S/C15H22N2O4S/c1-2-6-22(18,19)17-8-15(13-10-20-11-14(13)17)21-9-12-4-3-5-16-7-12/h3-5,7,13-15H,2,6,8-11H2,1H3/t13-,14+,15+/m1/s1. The maximum atomic E-state index is 12.4. The molecule has 7 heteroatoms. The Labute approximate surface area is 131 Å². The topological polar surface area (TPSA) is 68.7 Å². The fourth-order valence-electron chi connectivity index (χ4n) is 3.22. The molecule has 1 aromatic rings. The monoisotopic (exact) mass is 326 g/mol. The van der Waals surface area contributed by atoms with E-state index in [2.05, 4.69) is 4.98 Å². The van der Waals surface area contributed by atoms with Crippen LogP contribution in [0.5, 0.6) is 0 Å². The van der Waals surface area contributed by atoms with Crippen molar-refractivity contribution in [1.29, 1.82) is 0 Å². The van der Waals surface area contributed by atoms with Gasteiger partial charge in [0.1, 0.15) is 0 Å². The zero-order valence-corrected chi connectivity index (χ0v) is 13.5. The quantitative estimate of drug-likeness (QED) is 0.781. The minimum Gasteiger partial charge on any atom is -0.379 e. The molecule has 6 nitrogen and oxygen atoms in total. The molecular formula is C15H22N2O4S. The normalized spacial score (nSPS) is 28.9. The molecule has 0 radical (unpaired) electrons. The zero-order valence-electron chi connectivity index (χ0n) is 12.7. The van der Waals surface area contributed by atoms with Crippen LogP contribution in [-0.2, 0) is 26.1 Å². The fourth-order valence-corrected chi connectivity index (χ4v) is 4.97. The van der Waals surface area contributed by atoms with Gasteiger partial charge in [-0.15, -0.1) is 0 Å². The van der Waals surface area contributed by atoms with Crippen LogP contribution in [0, 0.1) is 5.92 Å². The van der Waals surface area contributed by atoms with E-state index in [4.69, 9.17) is 9.47 Å². The van der Waals surface area contributed by atoms with Gasteiger partial charge in [0.15, 0.2) is 0 Å². The van der Waals surface area contributed by atoms with E-state index < -0.39 is 10.0 Å². The van der Waals surface area contributed by atoms with E-state index in [1.807, 2.05) is 19.1 Å². The molecule has 0 saturated carbocycles. The highest BCUT2D eigenvalue weighted by molar-refractivity contribution is 7.89. The maximum Gasteiger partial charge on any atom is 0.214 e. The molecule has 0 aromatic carbocycles. The Balaban J connectivity index is 1.68. The summed E-state index contributed by atoms with van der Waals surface area (Å²) < 4.78 is 37.9. The van der Waals surface area contributed by atoms with Crippen LogP contribution in [-0.4, -0.2) is 55.4 Å². The van der Waals surface area contributed by atoms with Crippen LogP contribution in [0.15, 0.2) is 24.5 Å². The molecule has 0 amide bonds. The Morgan fingerprint density at radius 2 is 2.32 bits per heavy atom. The lowest BCUT2D eigenvalue weighted by atomic mass is 10.0. The average molecular weight is 326 g/mol. The van der Waals surface area contributed by atoms with Crippen LogP contribution in [0.1, 0.15) is 18.9 Å². The molecule has 0 bridgehead atoms. The van der Waals surface area contributed by atoms with Gasteiger partial charge >= 0.3 is 0 Å². The molecule has 2 aliphatic heterocycles. The minimum absolute atomic E-state index is 0.0737. The third kappa shape index (κ3) is 3.17. The predicted molar refractivity (Wildman–Crippen MR) is 81.7 cm³/mol. The summed E-state index contributed by atoms with van der Waals surface area (Å²) >= 11 is 0. The van der Waals surface area contributed by atoms with Gasteiger partial charge in [0.05, 0.1) is 37.7 Å². The molecule has 22 heavy (non-hydrogen) atoms. The number of rotatable bonds is 6. The third-order valence-corrected chi connectivity index (χ3v) is 6.37. The highest BCUT2D eigenvalue weighted by Crippen LogP contribution is 2.34. The van der Waals surface area contributed by atoms with Gasteiger partial charge in [-0.25, -0.2) is 8.42 Å². The number of pyridine rings is 1. The number of sulfonamides is 1. The summed E-state index contributed by atoms with van der Waals surface area (Å²) in [5, 5.41) is 0. The first kappa shape index (κ1) is 15.9. The lowest BCUT2D eigenvalue weighted by molar-refractivity contribution is 0.0126. The van der Waals surface area contributed by atoms with Crippen molar-refractivity contribution in [1.82, 2.24) is 9.29 Å². The lowest BCUT2D eigenvalue weighted by Crippen LogP contribution is -2.39. The average Bonchev–Trinajstić information content (AvgIpc) is 3.08. The SMILES string of the molecule is CCCS(=O)(=O)N1C[C@H](OCc2cccnc2)[C@@H]2COC[C@@H]21. The first-order valence-corrected chi connectivity index (χ1v) is 9.30. The largest absolute Gasteiger partial charge is 0.379 e. The van der Waals surface area contributed by atoms with Gasteiger partial charge in [-0.1, -0.05) is 13.0 Å². The summed E-state index contributed by atoms with van der Waals surface area (Å²) in [6.45, 7) is 3.80. The highest BCUT2D eigenvalue weighted by atomic mass is 32.2. The molecule has 1 aromatic heterocycles. The first-order chi connectivity index (χ1) is 10.6. The molecule has 3 atom stereocenters. The Morgan fingerprint density at radius 1 is 1.45 bits per heavy atom. The molecule has 0 spiro atoms. The van der Waals surface area contributed by atoms with Crippen molar-refractivity contribution in [3.63, 3.8) is 0 Å². The number of ether oxygens (including phenoxy) is 2. The van der Waals surface area contributed by atoms with Crippen molar-refractivity contribution in [3.05, 3.63) is 30.1 Å². The van der Waals surface area contributed by atoms with Gasteiger partial charge in [0, 0.05) is 24.9 Å². The molecule has 2 aliphatic rings. The van der Waals surface area contributed by atoms with Gasteiger partial charge in [0.2, 0.25) is 10.0 Å².